The second-order valence-corrected chi connectivity index (χ2v) is 11.7. The number of pyridine rings is 1. The first kappa shape index (κ1) is 26.6. The maximum atomic E-state index is 13.2. The lowest BCUT2D eigenvalue weighted by molar-refractivity contribution is -0.258. The average molecular weight is 542 g/mol. The number of thiophene rings is 1. The third kappa shape index (κ3) is 5.57. The van der Waals surface area contributed by atoms with E-state index in [0.29, 0.717) is 19.2 Å². The third-order valence-electron chi connectivity index (χ3n) is 6.15. The van der Waals surface area contributed by atoms with Gasteiger partial charge in [-0.3, -0.25) is 4.98 Å². The Bertz CT molecular complexity index is 1240. The van der Waals surface area contributed by atoms with E-state index in [1.54, 1.807) is 36.0 Å². The van der Waals surface area contributed by atoms with Crippen molar-refractivity contribution in [3.05, 3.63) is 77.4 Å². The number of anilines is 1. The number of hydrogen-bond donors (Lipinski definition) is 1. The van der Waals surface area contributed by atoms with Crippen molar-refractivity contribution in [1.82, 2.24) is 9.29 Å². The van der Waals surface area contributed by atoms with Gasteiger partial charge in [0.25, 0.3) is 10.0 Å². The lowest BCUT2D eigenvalue weighted by Crippen LogP contribution is -2.56. The fourth-order valence-corrected chi connectivity index (χ4v) is 6.62. The van der Waals surface area contributed by atoms with Gasteiger partial charge in [0.05, 0.1) is 19.3 Å². The Labute approximate surface area is 211 Å². The van der Waals surface area contributed by atoms with Gasteiger partial charge in [-0.15, -0.1) is 11.3 Å². The first-order valence-electron chi connectivity index (χ1n) is 11.2. The Morgan fingerprint density at radius 3 is 2.50 bits per heavy atom. The Morgan fingerprint density at radius 1 is 1.14 bits per heavy atom. The van der Waals surface area contributed by atoms with Gasteiger partial charge in [0.2, 0.25) is 0 Å². The highest BCUT2D eigenvalue weighted by atomic mass is 32.2. The number of piperazine rings is 1. The standard InChI is InChI=1S/C24H26F3N3O4S2/c1-23(31,24(25,26)27)19-6-8-20(9-7-19)30-12-11-29(36(32,33)22-5-3-13-35-22)15-21(30)17-34-16-18-4-2-10-28-14-18/h2-10,13-14,21,31H,11-12,15-17H2,1H3/t21-,23+/m1/s1. The SMILES string of the molecule is C[C@](O)(c1ccc(N2CCN(S(=O)(=O)c3cccs3)C[C@@H]2COCc2cccnc2)cc1)C(F)(F)F. The fourth-order valence-electron chi connectivity index (χ4n) is 4.00. The Morgan fingerprint density at radius 2 is 1.89 bits per heavy atom. The van der Waals surface area contributed by atoms with Gasteiger partial charge in [0.15, 0.2) is 5.60 Å². The van der Waals surface area contributed by atoms with E-state index in [0.717, 1.165) is 16.9 Å². The summed E-state index contributed by atoms with van der Waals surface area (Å²) >= 11 is 1.15. The number of aromatic nitrogens is 1. The normalized spacial score (nSPS) is 19.2. The molecule has 0 spiro atoms. The summed E-state index contributed by atoms with van der Waals surface area (Å²) in [4.78, 5) is 5.98. The molecule has 0 saturated carbocycles. The minimum atomic E-state index is -4.82. The number of rotatable bonds is 8. The van der Waals surface area contributed by atoms with Gasteiger partial charge >= 0.3 is 6.18 Å². The smallest absolute Gasteiger partial charge is 0.376 e. The lowest BCUT2D eigenvalue weighted by atomic mass is 9.95. The monoisotopic (exact) mass is 541 g/mol. The summed E-state index contributed by atoms with van der Waals surface area (Å²) in [6.07, 6.45) is -1.49. The second kappa shape index (κ2) is 10.5. The summed E-state index contributed by atoms with van der Waals surface area (Å²) in [5.74, 6) is 0. The molecule has 1 fully saturated rings. The largest absolute Gasteiger partial charge is 0.421 e. The summed E-state index contributed by atoms with van der Waals surface area (Å²) < 4.78 is 73.5. The highest BCUT2D eigenvalue weighted by Crippen LogP contribution is 2.39. The van der Waals surface area contributed by atoms with Gasteiger partial charge in [-0.05, 0) is 47.7 Å². The van der Waals surface area contributed by atoms with Crippen molar-refractivity contribution in [3.8, 4) is 0 Å². The van der Waals surface area contributed by atoms with Crippen molar-refractivity contribution >= 4 is 27.0 Å². The zero-order chi connectivity index (χ0) is 26.0. The van der Waals surface area contributed by atoms with Crippen LogP contribution in [0.5, 0.6) is 0 Å². The molecule has 0 radical (unpaired) electrons. The molecule has 0 aliphatic carbocycles. The molecule has 12 heteroatoms. The zero-order valence-corrected chi connectivity index (χ0v) is 21.1. The van der Waals surface area contributed by atoms with Gasteiger partial charge in [-0.1, -0.05) is 24.3 Å². The van der Waals surface area contributed by atoms with Crippen LogP contribution in [0.3, 0.4) is 0 Å². The number of halogens is 3. The van der Waals surface area contributed by atoms with Crippen molar-refractivity contribution in [1.29, 1.82) is 0 Å². The van der Waals surface area contributed by atoms with E-state index in [-0.39, 0.29) is 42.1 Å². The van der Waals surface area contributed by atoms with E-state index >= 15 is 0 Å². The number of sulfonamides is 1. The van der Waals surface area contributed by atoms with Crippen LogP contribution in [0.25, 0.3) is 0 Å². The van der Waals surface area contributed by atoms with E-state index in [4.69, 9.17) is 4.74 Å². The Balaban J connectivity index is 1.55. The number of ether oxygens (including phenoxy) is 1. The highest BCUT2D eigenvalue weighted by Gasteiger charge is 2.51. The van der Waals surface area contributed by atoms with Crippen LogP contribution in [0.15, 0.2) is 70.5 Å². The molecule has 36 heavy (non-hydrogen) atoms. The van der Waals surface area contributed by atoms with E-state index < -0.39 is 21.8 Å². The van der Waals surface area contributed by atoms with Gasteiger partial charge in [0, 0.05) is 37.7 Å². The fraction of sp³-hybridized carbons (Fsp3) is 0.375. The molecule has 1 saturated heterocycles. The van der Waals surface area contributed by atoms with Crippen molar-refractivity contribution in [2.24, 2.45) is 0 Å². The van der Waals surface area contributed by atoms with Crippen LogP contribution in [0.1, 0.15) is 18.1 Å². The van der Waals surface area contributed by atoms with Crippen LogP contribution in [-0.2, 0) is 27.0 Å². The molecule has 4 rings (SSSR count). The molecule has 3 aromatic rings. The van der Waals surface area contributed by atoms with E-state index in [2.05, 4.69) is 4.98 Å². The minimum Gasteiger partial charge on any atom is -0.376 e. The third-order valence-corrected chi connectivity index (χ3v) is 9.39. The van der Waals surface area contributed by atoms with Gasteiger partial charge in [-0.25, -0.2) is 8.42 Å². The van der Waals surface area contributed by atoms with Crippen molar-refractivity contribution in [2.75, 3.05) is 31.1 Å². The maximum Gasteiger partial charge on any atom is 0.421 e. The predicted molar refractivity (Wildman–Crippen MR) is 130 cm³/mol. The molecule has 0 bridgehead atoms. The highest BCUT2D eigenvalue weighted by molar-refractivity contribution is 7.91. The van der Waals surface area contributed by atoms with Crippen LogP contribution in [0.2, 0.25) is 0 Å². The van der Waals surface area contributed by atoms with E-state index in [9.17, 15) is 26.7 Å². The molecular formula is C24H26F3N3O4S2. The summed E-state index contributed by atoms with van der Waals surface area (Å²) in [5.41, 5.74) is -1.78. The molecule has 0 amide bonds. The van der Waals surface area contributed by atoms with Crippen LogP contribution < -0.4 is 4.90 Å². The predicted octanol–water partition coefficient (Wildman–Crippen LogP) is 4.01. The van der Waals surface area contributed by atoms with Crippen molar-refractivity contribution in [3.63, 3.8) is 0 Å². The molecule has 7 nitrogen and oxygen atoms in total. The number of nitrogens with zero attached hydrogens (tertiary/aromatic N) is 3. The minimum absolute atomic E-state index is 0.148. The first-order chi connectivity index (χ1) is 17.0. The molecule has 3 heterocycles. The topological polar surface area (TPSA) is 83.0 Å². The molecule has 1 aliphatic heterocycles. The van der Waals surface area contributed by atoms with Crippen molar-refractivity contribution in [2.45, 2.75) is 35.6 Å². The molecular weight excluding hydrogens is 515 g/mol. The van der Waals surface area contributed by atoms with Crippen LogP contribution in [-0.4, -0.2) is 61.3 Å². The first-order valence-corrected chi connectivity index (χ1v) is 13.5. The molecule has 194 valence electrons. The van der Waals surface area contributed by atoms with Crippen LogP contribution in [0.4, 0.5) is 18.9 Å². The molecule has 2 aromatic heterocycles. The summed E-state index contributed by atoms with van der Waals surface area (Å²) in [5, 5.41) is 11.7. The maximum absolute atomic E-state index is 13.2. The number of aliphatic hydroxyl groups is 1. The molecule has 2 atom stereocenters. The van der Waals surface area contributed by atoms with Crippen molar-refractivity contribution < 1.29 is 31.4 Å². The lowest BCUT2D eigenvalue weighted by Gasteiger charge is -2.42. The van der Waals surface area contributed by atoms with Crippen LogP contribution >= 0.6 is 11.3 Å². The number of hydrogen-bond acceptors (Lipinski definition) is 7. The molecule has 1 aliphatic rings. The zero-order valence-electron chi connectivity index (χ0n) is 19.4. The van der Waals surface area contributed by atoms with E-state index in [1.807, 2.05) is 11.0 Å². The average Bonchev–Trinajstić information content (AvgIpc) is 3.40. The molecule has 1 N–H and O–H groups in total. The van der Waals surface area contributed by atoms with Gasteiger partial charge in [0.1, 0.15) is 4.21 Å². The van der Waals surface area contributed by atoms with Gasteiger partial charge in [-0.2, -0.15) is 17.5 Å². The summed E-state index contributed by atoms with van der Waals surface area (Å²) in [6.45, 7) is 1.86. The number of benzene rings is 1. The Hall–Kier alpha value is -2.51. The quantitative estimate of drug-likeness (QED) is 0.464. The summed E-state index contributed by atoms with van der Waals surface area (Å²) in [6, 6.07) is 12.0. The molecule has 0 unspecified atom stereocenters. The second-order valence-electron chi connectivity index (χ2n) is 8.64. The summed E-state index contributed by atoms with van der Waals surface area (Å²) in [7, 11) is -3.68. The number of alkyl halides is 3. The van der Waals surface area contributed by atoms with E-state index in [1.165, 1.54) is 28.6 Å². The molecule has 1 aromatic carbocycles. The Kier molecular flexibility index (Phi) is 7.72. The van der Waals surface area contributed by atoms with Crippen LogP contribution in [0, 0.1) is 0 Å². The van der Waals surface area contributed by atoms with Gasteiger partial charge < -0.3 is 14.7 Å².